The number of hydrogen-bond acceptors (Lipinski definition) is 3. The van der Waals surface area contributed by atoms with Crippen LogP contribution in [0.2, 0.25) is 0 Å². The minimum Gasteiger partial charge on any atom is -0.492 e. The van der Waals surface area contributed by atoms with Gasteiger partial charge in [-0.1, -0.05) is 19.4 Å². The van der Waals surface area contributed by atoms with Crippen LogP contribution in [-0.4, -0.2) is 46.9 Å². The van der Waals surface area contributed by atoms with Gasteiger partial charge in [0.15, 0.2) is 5.96 Å². The summed E-state index contributed by atoms with van der Waals surface area (Å²) in [4.78, 5) is 4.53. The van der Waals surface area contributed by atoms with Crippen molar-refractivity contribution in [3.05, 3.63) is 30.1 Å². The molecule has 3 atom stereocenters. The maximum atomic E-state index is 13.1. The maximum absolute atomic E-state index is 13.1. The Morgan fingerprint density at radius 3 is 2.89 bits per heavy atom. The number of halogens is 2. The number of aliphatic imine (C=N–C) groups is 1. The minimum absolute atomic E-state index is 0. The topological polar surface area (TPSA) is 62.7 Å². The third-order valence-electron chi connectivity index (χ3n) is 4.39. The lowest BCUT2D eigenvalue weighted by atomic mass is 9.95. The van der Waals surface area contributed by atoms with Crippen molar-refractivity contribution in [2.75, 3.05) is 25.4 Å². The van der Waals surface area contributed by atoms with Gasteiger partial charge < -0.3 is 15.4 Å². The zero-order valence-corrected chi connectivity index (χ0v) is 19.2. The van der Waals surface area contributed by atoms with Gasteiger partial charge in [-0.2, -0.15) is 0 Å². The smallest absolute Gasteiger partial charge is 0.191 e. The number of hydrogen-bond donors (Lipinski definition) is 2. The molecule has 3 unspecified atom stereocenters. The number of rotatable bonds is 8. The van der Waals surface area contributed by atoms with Crippen molar-refractivity contribution in [2.24, 2.45) is 4.99 Å². The van der Waals surface area contributed by atoms with Gasteiger partial charge in [-0.3, -0.25) is 4.21 Å². The van der Waals surface area contributed by atoms with Crippen LogP contribution >= 0.6 is 24.0 Å². The van der Waals surface area contributed by atoms with Crippen LogP contribution in [-0.2, 0) is 10.8 Å². The standard InChI is InChI=1S/C19H30FN3O2S.HI/c1-3-21-19(22-11-12-25-17-9-5-7-15(20)13-17)23-16-8-6-10-18(14-16)26(24)4-2;/h5,7,9,13,16,18H,3-4,6,8,10-12,14H2,1-2H3,(H2,21,22,23);1H. The summed E-state index contributed by atoms with van der Waals surface area (Å²) < 4.78 is 30.7. The van der Waals surface area contributed by atoms with E-state index in [0.29, 0.717) is 24.9 Å². The average molecular weight is 511 g/mol. The van der Waals surface area contributed by atoms with Crippen LogP contribution in [0.15, 0.2) is 29.3 Å². The van der Waals surface area contributed by atoms with Crippen LogP contribution in [0, 0.1) is 5.82 Å². The molecule has 1 aliphatic rings. The molecule has 27 heavy (non-hydrogen) atoms. The first kappa shape index (κ1) is 24.1. The van der Waals surface area contributed by atoms with E-state index in [9.17, 15) is 8.60 Å². The van der Waals surface area contributed by atoms with E-state index in [1.54, 1.807) is 12.1 Å². The van der Waals surface area contributed by atoms with E-state index in [1.807, 2.05) is 13.8 Å². The Bertz CT molecular complexity index is 618. The monoisotopic (exact) mass is 511 g/mol. The van der Waals surface area contributed by atoms with Gasteiger partial charge in [0.05, 0.1) is 6.54 Å². The molecule has 0 bridgehead atoms. The van der Waals surface area contributed by atoms with Gasteiger partial charge in [0.25, 0.3) is 0 Å². The highest BCUT2D eigenvalue weighted by Crippen LogP contribution is 2.23. The van der Waals surface area contributed by atoms with Crippen molar-refractivity contribution in [1.82, 2.24) is 10.6 Å². The van der Waals surface area contributed by atoms with Crippen LogP contribution in [0.4, 0.5) is 4.39 Å². The molecule has 0 radical (unpaired) electrons. The van der Waals surface area contributed by atoms with E-state index < -0.39 is 10.8 Å². The normalized spacial score (nSPS) is 21.1. The molecule has 0 aliphatic heterocycles. The molecule has 5 nitrogen and oxygen atoms in total. The van der Waals surface area contributed by atoms with E-state index in [1.165, 1.54) is 12.1 Å². The Kier molecular flexibility index (Phi) is 11.9. The molecule has 1 aromatic carbocycles. The molecule has 0 saturated heterocycles. The maximum Gasteiger partial charge on any atom is 0.191 e. The number of guanidine groups is 1. The summed E-state index contributed by atoms with van der Waals surface area (Å²) in [6.07, 6.45) is 4.14. The summed E-state index contributed by atoms with van der Waals surface area (Å²) in [7, 11) is -0.734. The van der Waals surface area contributed by atoms with Gasteiger partial charge >= 0.3 is 0 Å². The first-order valence-corrected chi connectivity index (χ1v) is 10.8. The molecule has 1 saturated carbocycles. The van der Waals surface area contributed by atoms with Crippen LogP contribution in [0.1, 0.15) is 39.5 Å². The Morgan fingerprint density at radius 1 is 1.37 bits per heavy atom. The SMILES string of the molecule is CCNC(=NCCOc1cccc(F)c1)NC1CCCC(S(=O)CC)C1.I. The highest BCUT2D eigenvalue weighted by Gasteiger charge is 2.25. The summed E-state index contributed by atoms with van der Waals surface area (Å²) in [5.74, 6) is 1.68. The molecule has 0 aromatic heterocycles. The fourth-order valence-corrected chi connectivity index (χ4v) is 4.49. The van der Waals surface area contributed by atoms with Crippen LogP contribution in [0.5, 0.6) is 5.75 Å². The summed E-state index contributed by atoms with van der Waals surface area (Å²) in [6.45, 7) is 5.64. The van der Waals surface area contributed by atoms with E-state index >= 15 is 0 Å². The second-order valence-corrected chi connectivity index (χ2v) is 8.37. The lowest BCUT2D eigenvalue weighted by molar-refractivity contribution is 0.326. The summed E-state index contributed by atoms with van der Waals surface area (Å²) in [6, 6.07) is 6.40. The van der Waals surface area contributed by atoms with E-state index in [2.05, 4.69) is 15.6 Å². The third-order valence-corrected chi connectivity index (χ3v) is 6.13. The van der Waals surface area contributed by atoms with Crippen LogP contribution < -0.4 is 15.4 Å². The molecule has 1 aromatic rings. The zero-order valence-electron chi connectivity index (χ0n) is 16.1. The zero-order chi connectivity index (χ0) is 18.8. The van der Waals surface area contributed by atoms with Crippen molar-refractivity contribution in [3.63, 3.8) is 0 Å². The second kappa shape index (κ2) is 13.3. The molecule has 154 valence electrons. The molecule has 2 rings (SSSR count). The lowest BCUT2D eigenvalue weighted by Crippen LogP contribution is -2.46. The summed E-state index contributed by atoms with van der Waals surface area (Å²) in [5.41, 5.74) is 0. The van der Waals surface area contributed by atoms with Crippen molar-refractivity contribution < 1.29 is 13.3 Å². The molecule has 8 heteroatoms. The average Bonchev–Trinajstić information content (AvgIpc) is 2.65. The first-order chi connectivity index (χ1) is 12.6. The highest BCUT2D eigenvalue weighted by molar-refractivity contribution is 14.0. The van der Waals surface area contributed by atoms with Crippen molar-refractivity contribution >= 4 is 40.7 Å². The predicted octanol–water partition coefficient (Wildman–Crippen LogP) is 3.46. The lowest BCUT2D eigenvalue weighted by Gasteiger charge is -2.30. The Hall–Kier alpha value is -0.900. The van der Waals surface area contributed by atoms with Gasteiger partial charge in [0.2, 0.25) is 0 Å². The van der Waals surface area contributed by atoms with Gasteiger partial charge in [-0.25, -0.2) is 9.38 Å². The van der Waals surface area contributed by atoms with Gasteiger partial charge in [-0.05, 0) is 38.3 Å². The predicted molar refractivity (Wildman–Crippen MR) is 121 cm³/mol. The van der Waals surface area contributed by atoms with E-state index in [0.717, 1.165) is 43.9 Å². The first-order valence-electron chi connectivity index (χ1n) is 9.42. The number of nitrogens with one attached hydrogen (secondary N) is 2. The molecule has 1 aliphatic carbocycles. The van der Waals surface area contributed by atoms with Crippen molar-refractivity contribution in [1.29, 1.82) is 0 Å². The Balaban J connectivity index is 0.00000364. The Morgan fingerprint density at radius 2 is 2.19 bits per heavy atom. The largest absolute Gasteiger partial charge is 0.492 e. The molecular weight excluding hydrogens is 480 g/mol. The second-order valence-electron chi connectivity index (χ2n) is 6.37. The molecule has 0 heterocycles. The van der Waals surface area contributed by atoms with E-state index in [4.69, 9.17) is 4.74 Å². The van der Waals surface area contributed by atoms with Gasteiger partial charge in [0, 0.05) is 40.5 Å². The van der Waals surface area contributed by atoms with Crippen molar-refractivity contribution in [2.45, 2.75) is 50.8 Å². The van der Waals surface area contributed by atoms with E-state index in [-0.39, 0.29) is 35.0 Å². The molecular formula is C19H31FIN3O2S. The number of nitrogens with zero attached hydrogens (tertiary/aromatic N) is 1. The minimum atomic E-state index is -0.734. The molecule has 1 fully saturated rings. The van der Waals surface area contributed by atoms with Gasteiger partial charge in [-0.15, -0.1) is 24.0 Å². The molecule has 0 amide bonds. The fourth-order valence-electron chi connectivity index (χ4n) is 3.14. The van der Waals surface area contributed by atoms with Crippen LogP contribution in [0.25, 0.3) is 0 Å². The molecule has 0 spiro atoms. The highest BCUT2D eigenvalue weighted by atomic mass is 127. The number of benzene rings is 1. The third kappa shape index (κ3) is 8.76. The quantitative estimate of drug-likeness (QED) is 0.243. The summed E-state index contributed by atoms with van der Waals surface area (Å²) in [5, 5.41) is 6.99. The fraction of sp³-hybridized carbons (Fsp3) is 0.632. The summed E-state index contributed by atoms with van der Waals surface area (Å²) >= 11 is 0. The van der Waals surface area contributed by atoms with Crippen molar-refractivity contribution in [3.8, 4) is 5.75 Å². The van der Waals surface area contributed by atoms with Gasteiger partial charge in [0.1, 0.15) is 18.2 Å². The molecule has 2 N–H and O–H groups in total. The Labute approximate surface area is 181 Å². The van der Waals surface area contributed by atoms with Crippen LogP contribution in [0.3, 0.4) is 0 Å². The number of ether oxygens (including phenoxy) is 1.